The van der Waals surface area contributed by atoms with E-state index < -0.39 is 17.4 Å². The topological polar surface area (TPSA) is 44.0 Å². The van der Waals surface area contributed by atoms with Gasteiger partial charge in [-0.1, -0.05) is 49.7 Å². The molecule has 0 unspecified atom stereocenters. The van der Waals surface area contributed by atoms with Gasteiger partial charge in [-0.2, -0.15) is 5.26 Å². The highest BCUT2D eigenvalue weighted by molar-refractivity contribution is 5.72. The zero-order valence-corrected chi connectivity index (χ0v) is 16.4. The van der Waals surface area contributed by atoms with E-state index in [0.29, 0.717) is 17.5 Å². The molecule has 29 heavy (non-hydrogen) atoms. The lowest BCUT2D eigenvalue weighted by molar-refractivity contribution is 0.459. The fourth-order valence-electron chi connectivity index (χ4n) is 3.39. The van der Waals surface area contributed by atoms with Crippen LogP contribution in [0.4, 0.5) is 8.78 Å². The lowest BCUT2D eigenvalue weighted by atomic mass is 9.95. The first kappa shape index (κ1) is 20.5. The smallest absolute Gasteiger partial charge is 0.140 e. The Balaban J connectivity index is 1.86. The SMILES string of the molecule is CCCCc1ccc(-c2c(O)cc(F)c(CCc3ccc(C#N)cc3)c2F)cc1. The van der Waals surface area contributed by atoms with Crippen LogP contribution in [0.15, 0.2) is 54.6 Å². The van der Waals surface area contributed by atoms with Crippen LogP contribution in [-0.2, 0) is 19.3 Å². The van der Waals surface area contributed by atoms with Crippen LogP contribution in [0.5, 0.6) is 5.75 Å². The van der Waals surface area contributed by atoms with Crippen molar-refractivity contribution >= 4 is 0 Å². The van der Waals surface area contributed by atoms with E-state index in [1.54, 1.807) is 36.4 Å². The molecule has 0 fully saturated rings. The average Bonchev–Trinajstić information content (AvgIpc) is 2.73. The molecule has 0 heterocycles. The quantitative estimate of drug-likeness (QED) is 0.511. The number of rotatable bonds is 7. The molecule has 0 amide bonds. The van der Waals surface area contributed by atoms with E-state index in [-0.39, 0.29) is 17.5 Å². The van der Waals surface area contributed by atoms with Crippen molar-refractivity contribution in [3.8, 4) is 22.9 Å². The van der Waals surface area contributed by atoms with Gasteiger partial charge < -0.3 is 5.11 Å². The van der Waals surface area contributed by atoms with Gasteiger partial charge in [0.25, 0.3) is 0 Å². The van der Waals surface area contributed by atoms with Gasteiger partial charge in [-0.15, -0.1) is 0 Å². The maximum atomic E-state index is 15.2. The second-order valence-corrected chi connectivity index (χ2v) is 7.15. The van der Waals surface area contributed by atoms with Crippen molar-refractivity contribution in [1.82, 2.24) is 0 Å². The summed E-state index contributed by atoms with van der Waals surface area (Å²) in [5.74, 6) is -1.88. The number of phenols is 1. The molecular formula is C25H23F2NO. The zero-order valence-electron chi connectivity index (χ0n) is 16.4. The summed E-state index contributed by atoms with van der Waals surface area (Å²) in [6.07, 6.45) is 3.71. The molecule has 3 rings (SSSR count). The Morgan fingerprint density at radius 2 is 1.52 bits per heavy atom. The van der Waals surface area contributed by atoms with Gasteiger partial charge in [-0.05, 0) is 54.5 Å². The third-order valence-corrected chi connectivity index (χ3v) is 5.10. The summed E-state index contributed by atoms with van der Waals surface area (Å²) in [6.45, 7) is 2.12. The van der Waals surface area contributed by atoms with Crippen LogP contribution in [0.25, 0.3) is 11.1 Å². The predicted molar refractivity (Wildman–Crippen MR) is 111 cm³/mol. The number of hydrogen-bond donors (Lipinski definition) is 1. The average molecular weight is 391 g/mol. The number of phenolic OH excluding ortho intramolecular Hbond substituents is 1. The summed E-state index contributed by atoms with van der Waals surface area (Å²) in [7, 11) is 0. The first-order valence-corrected chi connectivity index (χ1v) is 9.81. The highest BCUT2D eigenvalue weighted by Gasteiger charge is 2.19. The van der Waals surface area contributed by atoms with E-state index in [1.807, 2.05) is 18.2 Å². The van der Waals surface area contributed by atoms with Crippen LogP contribution in [0, 0.1) is 23.0 Å². The molecule has 3 aromatic rings. The minimum absolute atomic E-state index is 0.0308. The molecular weight excluding hydrogens is 368 g/mol. The number of aryl methyl sites for hydroxylation is 2. The summed E-state index contributed by atoms with van der Waals surface area (Å²) in [5, 5.41) is 19.1. The van der Waals surface area contributed by atoms with Gasteiger partial charge in [0.05, 0.1) is 17.2 Å². The largest absolute Gasteiger partial charge is 0.507 e. The van der Waals surface area contributed by atoms with E-state index in [1.165, 1.54) is 0 Å². The molecule has 0 atom stereocenters. The first-order valence-electron chi connectivity index (χ1n) is 9.81. The Labute approximate surface area is 170 Å². The molecule has 3 aromatic carbocycles. The standard InChI is InChI=1S/C25H23F2NO/c1-2-3-4-17-9-12-20(13-10-17)24-23(29)15-22(26)21(25(24)27)14-11-18-5-7-19(16-28)8-6-18/h5-10,12-13,15,29H,2-4,11,14H2,1H3. The summed E-state index contributed by atoms with van der Waals surface area (Å²) < 4.78 is 29.6. The van der Waals surface area contributed by atoms with Gasteiger partial charge in [-0.25, -0.2) is 8.78 Å². The Kier molecular flexibility index (Phi) is 6.61. The monoisotopic (exact) mass is 391 g/mol. The summed E-state index contributed by atoms with van der Waals surface area (Å²) in [6, 6.07) is 17.3. The summed E-state index contributed by atoms with van der Waals surface area (Å²) in [5.41, 5.74) is 3.09. The lowest BCUT2D eigenvalue weighted by Crippen LogP contribution is -2.02. The molecule has 0 aliphatic rings. The zero-order chi connectivity index (χ0) is 20.8. The van der Waals surface area contributed by atoms with Crippen molar-refractivity contribution in [3.63, 3.8) is 0 Å². The van der Waals surface area contributed by atoms with E-state index in [0.717, 1.165) is 36.5 Å². The van der Waals surface area contributed by atoms with Crippen LogP contribution in [0.1, 0.15) is 42.0 Å². The predicted octanol–water partition coefficient (Wildman–Crippen LogP) is 6.34. The second kappa shape index (κ2) is 9.34. The maximum Gasteiger partial charge on any atom is 0.140 e. The van der Waals surface area contributed by atoms with Crippen LogP contribution in [0.2, 0.25) is 0 Å². The first-order chi connectivity index (χ1) is 14.0. The van der Waals surface area contributed by atoms with Crippen LogP contribution in [-0.4, -0.2) is 5.11 Å². The molecule has 1 N–H and O–H groups in total. The molecule has 0 saturated heterocycles. The van der Waals surface area contributed by atoms with Crippen molar-refractivity contribution in [2.24, 2.45) is 0 Å². The third-order valence-electron chi connectivity index (χ3n) is 5.10. The van der Waals surface area contributed by atoms with Crippen molar-refractivity contribution in [2.75, 3.05) is 0 Å². The van der Waals surface area contributed by atoms with Crippen molar-refractivity contribution < 1.29 is 13.9 Å². The molecule has 0 aromatic heterocycles. The third kappa shape index (κ3) is 4.81. The van der Waals surface area contributed by atoms with Gasteiger partial charge >= 0.3 is 0 Å². The molecule has 148 valence electrons. The number of hydrogen-bond acceptors (Lipinski definition) is 2. The highest BCUT2D eigenvalue weighted by atomic mass is 19.1. The van der Waals surface area contributed by atoms with E-state index >= 15 is 4.39 Å². The minimum Gasteiger partial charge on any atom is -0.507 e. The Morgan fingerprint density at radius 1 is 0.897 bits per heavy atom. The normalized spacial score (nSPS) is 10.7. The molecule has 0 radical (unpaired) electrons. The number of aromatic hydroxyl groups is 1. The van der Waals surface area contributed by atoms with Crippen LogP contribution < -0.4 is 0 Å². The molecule has 0 spiro atoms. The van der Waals surface area contributed by atoms with E-state index in [4.69, 9.17) is 5.26 Å². The van der Waals surface area contributed by atoms with Crippen LogP contribution in [0.3, 0.4) is 0 Å². The van der Waals surface area contributed by atoms with Crippen molar-refractivity contribution in [2.45, 2.75) is 39.0 Å². The Morgan fingerprint density at radius 3 is 2.14 bits per heavy atom. The number of halogens is 2. The molecule has 0 aliphatic heterocycles. The van der Waals surface area contributed by atoms with Gasteiger partial charge in [0, 0.05) is 11.6 Å². The number of nitrogens with zero attached hydrogens (tertiary/aromatic N) is 1. The number of nitriles is 1. The van der Waals surface area contributed by atoms with Gasteiger partial charge in [0.2, 0.25) is 0 Å². The fourth-order valence-corrected chi connectivity index (χ4v) is 3.39. The molecule has 2 nitrogen and oxygen atoms in total. The van der Waals surface area contributed by atoms with Gasteiger partial charge in [0.15, 0.2) is 0 Å². The van der Waals surface area contributed by atoms with Crippen molar-refractivity contribution in [1.29, 1.82) is 5.26 Å². The van der Waals surface area contributed by atoms with E-state index in [2.05, 4.69) is 6.92 Å². The second-order valence-electron chi connectivity index (χ2n) is 7.15. The summed E-state index contributed by atoms with van der Waals surface area (Å²) >= 11 is 0. The maximum absolute atomic E-state index is 15.2. The van der Waals surface area contributed by atoms with E-state index in [9.17, 15) is 9.50 Å². The highest BCUT2D eigenvalue weighted by Crippen LogP contribution is 2.36. The molecule has 0 saturated carbocycles. The van der Waals surface area contributed by atoms with Gasteiger partial charge in [0.1, 0.15) is 17.4 Å². The Hall–Kier alpha value is -3.19. The van der Waals surface area contributed by atoms with Crippen LogP contribution >= 0.6 is 0 Å². The molecule has 4 heteroatoms. The number of unbranched alkanes of at least 4 members (excludes halogenated alkanes) is 1. The summed E-state index contributed by atoms with van der Waals surface area (Å²) in [4.78, 5) is 0. The fraction of sp³-hybridized carbons (Fsp3) is 0.240. The van der Waals surface area contributed by atoms with Gasteiger partial charge in [-0.3, -0.25) is 0 Å². The molecule has 0 aliphatic carbocycles. The molecule has 0 bridgehead atoms. The lowest BCUT2D eigenvalue weighted by Gasteiger charge is -2.13. The minimum atomic E-state index is -0.753. The van der Waals surface area contributed by atoms with Crippen molar-refractivity contribution in [3.05, 3.63) is 88.5 Å². The number of benzene rings is 3. The Bertz CT molecular complexity index is 1020.